The van der Waals surface area contributed by atoms with Crippen LogP contribution in [0.15, 0.2) is 30.3 Å². The van der Waals surface area contributed by atoms with Crippen molar-refractivity contribution in [2.45, 2.75) is 71.0 Å². The summed E-state index contributed by atoms with van der Waals surface area (Å²) >= 11 is 0. The van der Waals surface area contributed by atoms with Crippen molar-refractivity contribution in [1.82, 2.24) is 0 Å². The molecule has 0 fully saturated rings. The Hall–Kier alpha value is -1.00. The molecular weight excluding hydrogens is 256 g/mol. The van der Waals surface area contributed by atoms with Gasteiger partial charge in [-0.15, -0.1) is 11.5 Å². The highest BCUT2D eigenvalue weighted by Crippen LogP contribution is 2.40. The third-order valence-corrected chi connectivity index (χ3v) is 11.0. The molecule has 0 aromatic heterocycles. The van der Waals surface area contributed by atoms with Crippen LogP contribution in [0.1, 0.15) is 59.9 Å². The largest absolute Gasteiger partial charge is 0.145 e. The first kappa shape index (κ1) is 17.0. The van der Waals surface area contributed by atoms with Gasteiger partial charge in [0, 0.05) is 5.92 Å². The summed E-state index contributed by atoms with van der Waals surface area (Å²) in [7, 11) is -1.58. The summed E-state index contributed by atoms with van der Waals surface area (Å²) in [4.78, 5) is 0. The fourth-order valence-electron chi connectivity index (χ4n) is 3.49. The van der Waals surface area contributed by atoms with Crippen molar-refractivity contribution in [1.29, 1.82) is 0 Å². The Morgan fingerprint density at radius 1 is 0.750 bits per heavy atom. The van der Waals surface area contributed by atoms with E-state index in [1.54, 1.807) is 0 Å². The molecule has 0 N–H and O–H groups in total. The van der Waals surface area contributed by atoms with Gasteiger partial charge in [-0.25, -0.2) is 0 Å². The SMILES string of the molecule is CC(C#C[Si](C(C)C)(C(C)C)C(C)C)c1ccccc1. The van der Waals surface area contributed by atoms with Gasteiger partial charge in [0.25, 0.3) is 0 Å². The molecule has 0 nitrogen and oxygen atoms in total. The lowest BCUT2D eigenvalue weighted by molar-refractivity contribution is 0.837. The molecule has 0 saturated heterocycles. The predicted molar refractivity (Wildman–Crippen MR) is 93.7 cm³/mol. The first-order valence-electron chi connectivity index (χ1n) is 7.90. The topological polar surface area (TPSA) is 0 Å². The molecule has 1 unspecified atom stereocenters. The van der Waals surface area contributed by atoms with Crippen molar-refractivity contribution in [3.05, 3.63) is 35.9 Å². The first-order valence-corrected chi connectivity index (χ1v) is 10.1. The van der Waals surface area contributed by atoms with Gasteiger partial charge in [-0.1, -0.05) is 71.9 Å². The number of hydrogen-bond donors (Lipinski definition) is 0. The molecule has 0 amide bonds. The third kappa shape index (κ3) is 3.55. The second-order valence-corrected chi connectivity index (χ2v) is 12.4. The zero-order valence-electron chi connectivity index (χ0n) is 14.2. The molecule has 0 bridgehead atoms. The van der Waals surface area contributed by atoms with E-state index in [-0.39, 0.29) is 0 Å². The van der Waals surface area contributed by atoms with Gasteiger partial charge < -0.3 is 0 Å². The molecule has 0 heterocycles. The Morgan fingerprint density at radius 3 is 1.60 bits per heavy atom. The summed E-state index contributed by atoms with van der Waals surface area (Å²) in [6.07, 6.45) is 0. The van der Waals surface area contributed by atoms with E-state index in [9.17, 15) is 0 Å². The molecule has 1 rings (SSSR count). The molecule has 0 aliphatic rings. The van der Waals surface area contributed by atoms with Gasteiger partial charge >= 0.3 is 0 Å². The van der Waals surface area contributed by atoms with E-state index in [4.69, 9.17) is 0 Å². The average molecular weight is 287 g/mol. The monoisotopic (exact) mass is 286 g/mol. The smallest absolute Gasteiger partial charge is 0.130 e. The van der Waals surface area contributed by atoms with Crippen molar-refractivity contribution >= 4 is 8.07 Å². The molecule has 0 aliphatic heterocycles. The van der Waals surface area contributed by atoms with E-state index in [0.717, 1.165) is 0 Å². The predicted octanol–water partition coefficient (Wildman–Crippen LogP) is 6.01. The zero-order chi connectivity index (χ0) is 15.3. The molecule has 1 aromatic carbocycles. The molecule has 0 aliphatic carbocycles. The first-order chi connectivity index (χ1) is 9.32. The van der Waals surface area contributed by atoms with Gasteiger partial charge in [-0.05, 0) is 29.1 Å². The maximum absolute atomic E-state index is 3.82. The molecule has 1 aromatic rings. The van der Waals surface area contributed by atoms with E-state index in [2.05, 4.69) is 90.3 Å². The summed E-state index contributed by atoms with van der Waals surface area (Å²) in [6, 6.07) is 10.6. The lowest BCUT2D eigenvalue weighted by Crippen LogP contribution is -2.43. The molecule has 1 heteroatoms. The third-order valence-electron chi connectivity index (χ3n) is 4.67. The van der Waals surface area contributed by atoms with Crippen molar-refractivity contribution in [3.63, 3.8) is 0 Å². The summed E-state index contributed by atoms with van der Waals surface area (Å²) < 4.78 is 0. The number of hydrogen-bond acceptors (Lipinski definition) is 0. The van der Waals surface area contributed by atoms with Crippen LogP contribution < -0.4 is 0 Å². The molecule has 0 spiro atoms. The molecule has 1 atom stereocenters. The Balaban J connectivity index is 3.12. The Bertz CT molecular complexity index is 438. The minimum Gasteiger partial charge on any atom is -0.130 e. The van der Waals surface area contributed by atoms with Crippen LogP contribution in [0, 0.1) is 11.5 Å². The lowest BCUT2D eigenvalue weighted by Gasteiger charge is -2.38. The molecular formula is C19H30Si. The van der Waals surface area contributed by atoms with Crippen LogP contribution in [0.2, 0.25) is 16.6 Å². The fraction of sp³-hybridized carbons (Fsp3) is 0.579. The minimum atomic E-state index is -1.58. The van der Waals surface area contributed by atoms with Crippen molar-refractivity contribution < 1.29 is 0 Å². The van der Waals surface area contributed by atoms with E-state index < -0.39 is 8.07 Å². The van der Waals surface area contributed by atoms with Crippen LogP contribution in [0.3, 0.4) is 0 Å². The normalized spacial score (nSPS) is 13.5. The zero-order valence-corrected chi connectivity index (χ0v) is 15.2. The van der Waals surface area contributed by atoms with Crippen LogP contribution in [-0.4, -0.2) is 8.07 Å². The Morgan fingerprint density at radius 2 is 1.20 bits per heavy atom. The summed E-state index contributed by atoms with van der Waals surface area (Å²) in [5.74, 6) is 3.93. The standard InChI is InChI=1S/C19H30Si/c1-15(2)20(16(3)4,17(5)6)14-13-18(7)19-11-9-8-10-12-19/h8-12,15-18H,1-7H3. The van der Waals surface area contributed by atoms with Crippen LogP contribution in [0.25, 0.3) is 0 Å². The van der Waals surface area contributed by atoms with Gasteiger partial charge in [0.2, 0.25) is 0 Å². The van der Waals surface area contributed by atoms with Gasteiger partial charge in [-0.3, -0.25) is 0 Å². The second-order valence-electron chi connectivity index (χ2n) is 6.80. The summed E-state index contributed by atoms with van der Waals surface area (Å²) in [5, 5.41) is 0. The lowest BCUT2D eigenvalue weighted by atomic mass is 10.0. The summed E-state index contributed by atoms with van der Waals surface area (Å²) in [6.45, 7) is 16.4. The van der Waals surface area contributed by atoms with Gasteiger partial charge in [0.15, 0.2) is 0 Å². The maximum atomic E-state index is 3.82. The van der Waals surface area contributed by atoms with E-state index in [1.807, 2.05) is 0 Å². The van der Waals surface area contributed by atoms with Crippen molar-refractivity contribution in [2.24, 2.45) is 0 Å². The van der Waals surface area contributed by atoms with E-state index in [1.165, 1.54) is 5.56 Å². The van der Waals surface area contributed by atoms with E-state index >= 15 is 0 Å². The van der Waals surface area contributed by atoms with E-state index in [0.29, 0.717) is 22.5 Å². The highest BCUT2D eigenvalue weighted by molar-refractivity contribution is 6.90. The van der Waals surface area contributed by atoms with Crippen LogP contribution in [0.4, 0.5) is 0 Å². The van der Waals surface area contributed by atoms with Crippen molar-refractivity contribution in [3.8, 4) is 11.5 Å². The van der Waals surface area contributed by atoms with Gasteiger partial charge in [0.1, 0.15) is 8.07 Å². The minimum absolute atomic E-state index is 0.333. The van der Waals surface area contributed by atoms with Gasteiger partial charge in [-0.2, -0.15) is 0 Å². The summed E-state index contributed by atoms with van der Waals surface area (Å²) in [5.41, 5.74) is 7.27. The molecule has 0 saturated carbocycles. The van der Waals surface area contributed by atoms with Crippen molar-refractivity contribution in [2.75, 3.05) is 0 Å². The molecule has 0 radical (unpaired) electrons. The quantitative estimate of drug-likeness (QED) is 0.469. The Kier molecular flexibility index (Phi) is 6.08. The number of rotatable bonds is 4. The second kappa shape index (κ2) is 7.13. The highest BCUT2D eigenvalue weighted by atomic mass is 28.3. The fourth-order valence-corrected chi connectivity index (χ4v) is 8.82. The Labute approximate surface area is 127 Å². The van der Waals surface area contributed by atoms with Gasteiger partial charge in [0.05, 0.1) is 0 Å². The molecule has 110 valence electrons. The van der Waals surface area contributed by atoms with Crippen LogP contribution in [-0.2, 0) is 0 Å². The highest BCUT2D eigenvalue weighted by Gasteiger charge is 2.41. The van der Waals surface area contributed by atoms with Crippen LogP contribution >= 0.6 is 0 Å². The molecule has 20 heavy (non-hydrogen) atoms. The average Bonchev–Trinajstić information content (AvgIpc) is 2.38. The van der Waals surface area contributed by atoms with Crippen LogP contribution in [0.5, 0.6) is 0 Å². The maximum Gasteiger partial charge on any atom is 0.145 e. The number of benzene rings is 1.